The van der Waals surface area contributed by atoms with Crippen LogP contribution in [0.2, 0.25) is 5.02 Å². The first-order chi connectivity index (χ1) is 19.9. The van der Waals surface area contributed by atoms with Crippen molar-refractivity contribution in [2.45, 2.75) is 76.0 Å². The molecule has 3 saturated heterocycles. The minimum atomic E-state index is -3.42. The smallest absolute Gasteiger partial charge is 0.229 e. The van der Waals surface area contributed by atoms with Crippen molar-refractivity contribution >= 4 is 33.2 Å². The second-order valence-electron chi connectivity index (χ2n) is 12.3. The standard InChI is InChI=1S/C31H39ClF2N3O4S/c1-31(2)17-21(13-14-41-31)26(20-5-7-22(32)8-6-20)16-29(38)36-30-25(27(33)11-12-28(30)34)10-9-24-18-35-23-4-3-15-42(39,40)37(24)19-23/h5-8,11-12,16,21,23-24,26,35H,3-4,9-10,13-15,17-19H2,1-2H3,(H,36,38)/t21-,23+,24-,26-/m0/s1. The summed E-state index contributed by atoms with van der Waals surface area (Å²) in [5.74, 6) is -2.04. The average molecular weight is 623 g/mol. The molecule has 0 aromatic heterocycles. The highest BCUT2D eigenvalue weighted by atomic mass is 35.5. The molecule has 2 bridgehead atoms. The van der Waals surface area contributed by atoms with Crippen LogP contribution in [0.3, 0.4) is 0 Å². The van der Waals surface area contributed by atoms with Gasteiger partial charge in [-0.25, -0.2) is 17.2 Å². The third-order valence-corrected chi connectivity index (χ3v) is 11.0. The highest BCUT2D eigenvalue weighted by Gasteiger charge is 2.38. The fraction of sp³-hybridized carbons (Fsp3) is 0.548. The third-order valence-electron chi connectivity index (χ3n) is 8.77. The third kappa shape index (κ3) is 7.33. The molecule has 3 heterocycles. The summed E-state index contributed by atoms with van der Waals surface area (Å²) in [5.41, 5.74) is 0.369. The van der Waals surface area contributed by atoms with Gasteiger partial charge in [-0.15, -0.1) is 0 Å². The quantitative estimate of drug-likeness (QED) is 0.409. The van der Waals surface area contributed by atoms with Gasteiger partial charge in [0.25, 0.3) is 0 Å². The normalized spacial score (nSPS) is 27.5. The first kappa shape index (κ1) is 31.3. The van der Waals surface area contributed by atoms with Gasteiger partial charge in [-0.3, -0.25) is 4.79 Å². The molecule has 1 unspecified atom stereocenters. The Morgan fingerprint density at radius 1 is 1.19 bits per heavy atom. The molecule has 7 nitrogen and oxygen atoms in total. The lowest BCUT2D eigenvalue weighted by Gasteiger charge is -2.39. The summed E-state index contributed by atoms with van der Waals surface area (Å²) in [7, 11) is -3.42. The Balaban J connectivity index is 1.34. The van der Waals surface area contributed by atoms with E-state index < -0.39 is 27.6 Å². The van der Waals surface area contributed by atoms with E-state index in [1.807, 2.05) is 26.0 Å². The molecule has 5 rings (SSSR count). The molecule has 0 saturated carbocycles. The van der Waals surface area contributed by atoms with Crippen molar-refractivity contribution in [1.29, 1.82) is 0 Å². The molecule has 0 spiro atoms. The zero-order chi connectivity index (χ0) is 30.1. The molecule has 42 heavy (non-hydrogen) atoms. The van der Waals surface area contributed by atoms with Crippen LogP contribution in [-0.4, -0.2) is 61.8 Å². The Kier molecular flexibility index (Phi) is 9.59. The number of anilines is 1. The number of halogens is 3. The van der Waals surface area contributed by atoms with Gasteiger partial charge in [-0.1, -0.05) is 23.7 Å². The number of amides is 1. The summed E-state index contributed by atoms with van der Waals surface area (Å²) in [5, 5.41) is 6.61. The van der Waals surface area contributed by atoms with Crippen molar-refractivity contribution in [2.75, 3.05) is 30.8 Å². The monoisotopic (exact) mass is 622 g/mol. The molecule has 3 aliphatic rings. The van der Waals surface area contributed by atoms with Gasteiger partial charge in [0.15, 0.2) is 0 Å². The number of carbonyl (C=O) groups is 1. The zero-order valence-corrected chi connectivity index (χ0v) is 25.6. The maximum Gasteiger partial charge on any atom is 0.229 e. The largest absolute Gasteiger partial charge is 0.376 e. The SMILES string of the molecule is CC1(C)C[C@@H]([C@@H]([CH]C(=O)Nc2c(F)ccc(F)c2CC[C@H]2CN[C@@H]3CCCS(=O)(=O)N2C3)c2ccc(Cl)cc2)CCO1. The summed E-state index contributed by atoms with van der Waals surface area (Å²) in [6.45, 7) is 5.42. The van der Waals surface area contributed by atoms with Crippen LogP contribution < -0.4 is 10.6 Å². The van der Waals surface area contributed by atoms with Crippen molar-refractivity contribution in [3.8, 4) is 0 Å². The maximum absolute atomic E-state index is 15.2. The fourth-order valence-corrected chi connectivity index (χ4v) is 8.57. The van der Waals surface area contributed by atoms with Crippen LogP contribution in [0, 0.1) is 24.0 Å². The lowest BCUT2D eigenvalue weighted by atomic mass is 9.75. The molecule has 3 fully saturated rings. The van der Waals surface area contributed by atoms with Gasteiger partial charge in [0.05, 0.1) is 23.5 Å². The van der Waals surface area contributed by atoms with Crippen LogP contribution in [0.4, 0.5) is 14.5 Å². The van der Waals surface area contributed by atoms with E-state index in [1.54, 1.807) is 18.6 Å². The fourth-order valence-electron chi connectivity index (χ4n) is 6.63. The molecule has 11 heteroatoms. The van der Waals surface area contributed by atoms with Crippen LogP contribution in [0.25, 0.3) is 0 Å². The number of hydrogen-bond donors (Lipinski definition) is 2. The molecule has 2 aromatic rings. The molecular formula is C31H39ClF2N3O4S. The summed E-state index contributed by atoms with van der Waals surface area (Å²) in [6.07, 6.45) is 4.74. The summed E-state index contributed by atoms with van der Waals surface area (Å²) >= 11 is 6.12. The van der Waals surface area contributed by atoms with Crippen molar-refractivity contribution in [2.24, 2.45) is 5.92 Å². The van der Waals surface area contributed by atoms with Crippen LogP contribution in [-0.2, 0) is 26.0 Å². The van der Waals surface area contributed by atoms with Crippen molar-refractivity contribution in [3.63, 3.8) is 0 Å². The number of fused-ring (bicyclic) bond motifs is 2. The lowest BCUT2D eigenvalue weighted by molar-refractivity contribution is -0.114. The minimum Gasteiger partial charge on any atom is -0.376 e. The predicted molar refractivity (Wildman–Crippen MR) is 160 cm³/mol. The number of carbonyl (C=O) groups excluding carboxylic acids is 1. The van der Waals surface area contributed by atoms with E-state index in [-0.39, 0.29) is 59.4 Å². The van der Waals surface area contributed by atoms with E-state index in [0.29, 0.717) is 31.1 Å². The minimum absolute atomic E-state index is 0.0290. The molecule has 229 valence electrons. The molecule has 1 amide bonds. The Morgan fingerprint density at radius 2 is 1.93 bits per heavy atom. The Bertz CT molecular complexity index is 1390. The lowest BCUT2D eigenvalue weighted by Crippen LogP contribution is -2.57. The van der Waals surface area contributed by atoms with Gasteiger partial charge in [0.2, 0.25) is 15.9 Å². The molecule has 3 aliphatic heterocycles. The van der Waals surface area contributed by atoms with Gasteiger partial charge in [-0.05, 0) is 94.0 Å². The number of rotatable bonds is 8. The second kappa shape index (κ2) is 12.9. The molecule has 2 aromatic carbocycles. The Hall–Kier alpha value is -2.11. The highest BCUT2D eigenvalue weighted by Crippen LogP contribution is 2.40. The summed E-state index contributed by atoms with van der Waals surface area (Å²) in [6, 6.07) is 9.08. The number of benzene rings is 2. The van der Waals surface area contributed by atoms with Crippen LogP contribution in [0.1, 0.15) is 63.0 Å². The molecule has 1 radical (unpaired) electrons. The van der Waals surface area contributed by atoms with Crippen LogP contribution in [0.15, 0.2) is 36.4 Å². The van der Waals surface area contributed by atoms with E-state index in [2.05, 4.69) is 10.6 Å². The molecule has 2 N–H and O–H groups in total. The highest BCUT2D eigenvalue weighted by molar-refractivity contribution is 7.89. The van der Waals surface area contributed by atoms with Gasteiger partial charge in [0.1, 0.15) is 11.6 Å². The number of nitrogens with zero attached hydrogens (tertiary/aromatic N) is 1. The number of piperazine rings is 1. The van der Waals surface area contributed by atoms with Gasteiger partial charge >= 0.3 is 0 Å². The summed E-state index contributed by atoms with van der Waals surface area (Å²) in [4.78, 5) is 13.4. The van der Waals surface area contributed by atoms with Crippen molar-refractivity contribution < 1.29 is 26.7 Å². The van der Waals surface area contributed by atoms with Crippen molar-refractivity contribution in [3.05, 3.63) is 70.6 Å². The zero-order valence-electron chi connectivity index (χ0n) is 24.0. The first-order valence-electron chi connectivity index (χ1n) is 14.7. The molecule has 0 aliphatic carbocycles. The van der Waals surface area contributed by atoms with E-state index in [4.69, 9.17) is 16.3 Å². The van der Waals surface area contributed by atoms with E-state index in [9.17, 15) is 13.2 Å². The number of ether oxygens (including phenoxy) is 1. The van der Waals surface area contributed by atoms with Crippen LogP contribution in [0.5, 0.6) is 0 Å². The van der Waals surface area contributed by atoms with Crippen molar-refractivity contribution in [1.82, 2.24) is 9.62 Å². The molecular weight excluding hydrogens is 584 g/mol. The van der Waals surface area contributed by atoms with E-state index in [1.165, 1.54) is 4.31 Å². The van der Waals surface area contributed by atoms with Gasteiger partial charge in [0, 0.05) is 42.4 Å². The van der Waals surface area contributed by atoms with Gasteiger partial charge in [-0.2, -0.15) is 4.31 Å². The predicted octanol–water partition coefficient (Wildman–Crippen LogP) is 5.45. The summed E-state index contributed by atoms with van der Waals surface area (Å²) < 4.78 is 63.4. The van der Waals surface area contributed by atoms with Gasteiger partial charge < -0.3 is 15.4 Å². The molecule has 5 atom stereocenters. The number of hydrogen-bond acceptors (Lipinski definition) is 5. The first-order valence-corrected chi connectivity index (χ1v) is 16.7. The topological polar surface area (TPSA) is 87.7 Å². The Morgan fingerprint density at radius 3 is 2.67 bits per heavy atom. The number of sulfonamides is 1. The van der Waals surface area contributed by atoms with Crippen LogP contribution >= 0.6 is 11.6 Å². The Labute approximate surface area is 252 Å². The van der Waals surface area contributed by atoms with E-state index in [0.717, 1.165) is 37.0 Å². The average Bonchev–Trinajstić information content (AvgIpc) is 3.05. The van der Waals surface area contributed by atoms with E-state index >= 15 is 8.78 Å². The second-order valence-corrected chi connectivity index (χ2v) is 14.8. The maximum atomic E-state index is 15.2. The number of nitrogens with one attached hydrogen (secondary N) is 2.